The number of halogens is 1. The number of aromatic hydroxyl groups is 1. The summed E-state index contributed by atoms with van der Waals surface area (Å²) in [7, 11) is 0. The van der Waals surface area contributed by atoms with Crippen molar-refractivity contribution in [2.45, 2.75) is 27.2 Å². The van der Waals surface area contributed by atoms with Gasteiger partial charge in [0, 0.05) is 16.2 Å². The van der Waals surface area contributed by atoms with E-state index in [1.807, 2.05) is 19.9 Å². The van der Waals surface area contributed by atoms with Crippen molar-refractivity contribution >= 4 is 23.2 Å². The van der Waals surface area contributed by atoms with Gasteiger partial charge in [-0.05, 0) is 38.5 Å². The predicted molar refractivity (Wildman–Crippen MR) is 86.7 cm³/mol. The van der Waals surface area contributed by atoms with E-state index in [0.717, 1.165) is 6.42 Å². The van der Waals surface area contributed by atoms with Crippen LogP contribution in [-0.4, -0.2) is 16.7 Å². The van der Waals surface area contributed by atoms with Crippen LogP contribution in [0.3, 0.4) is 0 Å². The fourth-order valence-electron chi connectivity index (χ4n) is 1.69. The summed E-state index contributed by atoms with van der Waals surface area (Å²) in [5.41, 5.74) is 3.97. The quantitative estimate of drug-likeness (QED) is 0.376. The van der Waals surface area contributed by atoms with Crippen molar-refractivity contribution < 1.29 is 9.90 Å². The molecule has 112 valence electrons. The molecule has 0 bridgehead atoms. The molecule has 0 spiro atoms. The molecule has 0 aliphatic rings. The molecule has 2 N–H and O–H groups in total. The van der Waals surface area contributed by atoms with Gasteiger partial charge in [0.15, 0.2) is 0 Å². The topological polar surface area (TPSA) is 61.7 Å². The van der Waals surface area contributed by atoms with E-state index in [1.54, 1.807) is 31.2 Å². The average Bonchev–Trinajstić information content (AvgIpc) is 2.46. The number of carbonyl (C=O) groups is 1. The summed E-state index contributed by atoms with van der Waals surface area (Å²) in [6.45, 7) is 5.48. The van der Waals surface area contributed by atoms with E-state index < -0.39 is 0 Å². The van der Waals surface area contributed by atoms with Crippen molar-refractivity contribution in [2.24, 2.45) is 5.10 Å². The Labute approximate surface area is 129 Å². The molecule has 0 aromatic heterocycles. The zero-order valence-electron chi connectivity index (χ0n) is 12.4. The van der Waals surface area contributed by atoms with Crippen molar-refractivity contribution in [2.75, 3.05) is 0 Å². The summed E-state index contributed by atoms with van der Waals surface area (Å²) >= 11 is 5.88. The van der Waals surface area contributed by atoms with Crippen LogP contribution in [0.15, 0.2) is 47.1 Å². The molecule has 0 saturated carbocycles. The van der Waals surface area contributed by atoms with Crippen molar-refractivity contribution in [3.8, 4) is 5.75 Å². The van der Waals surface area contributed by atoms with Gasteiger partial charge in [0.05, 0.1) is 5.71 Å². The average molecular weight is 307 g/mol. The molecule has 5 heteroatoms. The number of amides is 1. The lowest BCUT2D eigenvalue weighted by molar-refractivity contribution is -0.117. The summed E-state index contributed by atoms with van der Waals surface area (Å²) in [4.78, 5) is 12.0. The molecule has 0 radical (unpaired) electrons. The van der Waals surface area contributed by atoms with Crippen LogP contribution in [0.2, 0.25) is 5.02 Å². The summed E-state index contributed by atoms with van der Waals surface area (Å²) in [6, 6.07) is 4.66. The van der Waals surface area contributed by atoms with Crippen LogP contribution in [0.1, 0.15) is 32.8 Å². The van der Waals surface area contributed by atoms with E-state index in [-0.39, 0.29) is 11.7 Å². The number of carbonyl (C=O) groups excluding carboxylic acids is 1. The van der Waals surface area contributed by atoms with Crippen molar-refractivity contribution in [3.05, 3.63) is 52.6 Å². The zero-order valence-corrected chi connectivity index (χ0v) is 13.1. The van der Waals surface area contributed by atoms with E-state index in [4.69, 9.17) is 11.6 Å². The second kappa shape index (κ2) is 8.27. The number of hydrogen-bond acceptors (Lipinski definition) is 3. The fraction of sp³-hybridized carbons (Fsp3) is 0.250. The van der Waals surface area contributed by atoms with Crippen LogP contribution >= 0.6 is 11.6 Å². The highest BCUT2D eigenvalue weighted by atomic mass is 35.5. The Morgan fingerprint density at radius 2 is 2.19 bits per heavy atom. The van der Waals surface area contributed by atoms with Gasteiger partial charge in [-0.1, -0.05) is 36.8 Å². The largest absolute Gasteiger partial charge is 0.507 e. The standard InChI is InChI=1S/C16H19ClN2O2/c1-4-6-12(7-5-2)16(21)19-18-11(3)14-10-13(17)8-9-15(14)20/h4,6-10,20H,5H2,1-3H3,(H,19,21)/b6-4-,12-7+,18-11+. The first-order valence-electron chi connectivity index (χ1n) is 6.66. The number of allylic oxidation sites excluding steroid dienone is 2. The van der Waals surface area contributed by atoms with Gasteiger partial charge in [0.1, 0.15) is 5.75 Å². The first kappa shape index (κ1) is 17.0. The minimum absolute atomic E-state index is 0.0627. The van der Waals surface area contributed by atoms with Crippen LogP contribution in [0.25, 0.3) is 0 Å². The second-order valence-electron chi connectivity index (χ2n) is 4.37. The highest BCUT2D eigenvalue weighted by molar-refractivity contribution is 6.31. The van der Waals surface area contributed by atoms with Crippen LogP contribution in [-0.2, 0) is 4.79 Å². The van der Waals surface area contributed by atoms with Crippen molar-refractivity contribution in [1.29, 1.82) is 0 Å². The number of phenolic OH excluding ortho intramolecular Hbond substituents is 1. The smallest absolute Gasteiger partial charge is 0.271 e. The molecule has 0 unspecified atom stereocenters. The molecule has 0 aliphatic heterocycles. The van der Waals surface area contributed by atoms with Crippen LogP contribution in [0.5, 0.6) is 5.75 Å². The third-order valence-corrected chi connectivity index (χ3v) is 2.94. The first-order chi connectivity index (χ1) is 9.99. The van der Waals surface area contributed by atoms with E-state index in [0.29, 0.717) is 21.9 Å². The zero-order chi connectivity index (χ0) is 15.8. The van der Waals surface area contributed by atoms with E-state index in [1.165, 1.54) is 6.07 Å². The molecule has 0 atom stereocenters. The molecule has 1 amide bonds. The Kier molecular flexibility index (Phi) is 6.69. The minimum Gasteiger partial charge on any atom is -0.507 e. The molecule has 0 fully saturated rings. The van der Waals surface area contributed by atoms with E-state index in [2.05, 4.69) is 10.5 Å². The van der Waals surface area contributed by atoms with Crippen LogP contribution in [0.4, 0.5) is 0 Å². The monoisotopic (exact) mass is 306 g/mol. The van der Waals surface area contributed by atoms with Crippen molar-refractivity contribution in [3.63, 3.8) is 0 Å². The maximum absolute atomic E-state index is 12.0. The number of phenols is 1. The molecule has 0 aliphatic carbocycles. The third kappa shape index (κ3) is 5.08. The molecular weight excluding hydrogens is 288 g/mol. The molecule has 0 heterocycles. The fourth-order valence-corrected chi connectivity index (χ4v) is 1.87. The van der Waals surface area contributed by atoms with Gasteiger partial charge in [0.2, 0.25) is 0 Å². The maximum Gasteiger partial charge on any atom is 0.271 e. The van der Waals surface area contributed by atoms with Crippen LogP contribution in [0, 0.1) is 0 Å². The molecule has 0 saturated heterocycles. The van der Waals surface area contributed by atoms with Gasteiger partial charge in [-0.3, -0.25) is 4.79 Å². The summed E-state index contributed by atoms with van der Waals surface area (Å²) in [6.07, 6.45) is 6.09. The number of benzene rings is 1. The normalized spacial score (nSPS) is 12.8. The molecule has 4 nitrogen and oxygen atoms in total. The molecule has 1 rings (SSSR count). The Morgan fingerprint density at radius 1 is 1.48 bits per heavy atom. The van der Waals surface area contributed by atoms with Gasteiger partial charge in [0.25, 0.3) is 5.91 Å². The van der Waals surface area contributed by atoms with Gasteiger partial charge >= 0.3 is 0 Å². The Hall–Kier alpha value is -2.07. The molecule has 1 aromatic carbocycles. The highest BCUT2D eigenvalue weighted by Gasteiger charge is 2.08. The van der Waals surface area contributed by atoms with Crippen molar-refractivity contribution in [1.82, 2.24) is 5.43 Å². The number of nitrogens with zero attached hydrogens (tertiary/aromatic N) is 1. The lowest BCUT2D eigenvalue weighted by atomic mass is 10.1. The van der Waals surface area contributed by atoms with Crippen LogP contribution < -0.4 is 5.43 Å². The number of nitrogens with one attached hydrogen (secondary N) is 1. The number of rotatable bonds is 5. The number of hydrazone groups is 1. The minimum atomic E-state index is -0.296. The number of hydrogen-bond donors (Lipinski definition) is 2. The Bertz CT molecular complexity index is 604. The van der Waals surface area contributed by atoms with E-state index >= 15 is 0 Å². The van der Waals surface area contributed by atoms with Gasteiger partial charge in [-0.2, -0.15) is 5.10 Å². The maximum atomic E-state index is 12.0. The second-order valence-corrected chi connectivity index (χ2v) is 4.80. The van der Waals surface area contributed by atoms with Gasteiger partial charge in [-0.15, -0.1) is 0 Å². The highest BCUT2D eigenvalue weighted by Crippen LogP contribution is 2.21. The SMILES string of the molecule is C/C=C\C(=C/CC)C(=O)N/N=C(\C)c1cc(Cl)ccc1O. The molecule has 1 aromatic rings. The lowest BCUT2D eigenvalue weighted by Crippen LogP contribution is -2.20. The summed E-state index contributed by atoms with van der Waals surface area (Å²) in [5.74, 6) is -0.233. The Morgan fingerprint density at radius 3 is 2.81 bits per heavy atom. The molecule has 21 heavy (non-hydrogen) atoms. The third-order valence-electron chi connectivity index (χ3n) is 2.71. The lowest BCUT2D eigenvalue weighted by Gasteiger charge is -2.06. The van der Waals surface area contributed by atoms with E-state index in [9.17, 15) is 9.90 Å². The van der Waals surface area contributed by atoms with Gasteiger partial charge < -0.3 is 5.11 Å². The molecular formula is C16H19ClN2O2. The Balaban J connectivity index is 2.91. The first-order valence-corrected chi connectivity index (χ1v) is 7.03. The summed E-state index contributed by atoms with van der Waals surface area (Å²) in [5, 5.41) is 14.3. The summed E-state index contributed by atoms with van der Waals surface area (Å²) < 4.78 is 0. The predicted octanol–water partition coefficient (Wildman–Crippen LogP) is 3.80. The van der Waals surface area contributed by atoms with Gasteiger partial charge in [-0.25, -0.2) is 5.43 Å².